The second-order valence-corrected chi connectivity index (χ2v) is 4.99. The predicted octanol–water partition coefficient (Wildman–Crippen LogP) is 3.11. The molecule has 0 amide bonds. The summed E-state index contributed by atoms with van der Waals surface area (Å²) in [5, 5.41) is 0. The summed E-state index contributed by atoms with van der Waals surface area (Å²) in [4.78, 5) is 0. The number of halogens is 3. The van der Waals surface area contributed by atoms with Crippen LogP contribution in [0, 0.1) is 0 Å². The molecule has 2 N–H and O–H groups in total. The average Bonchev–Trinajstić information content (AvgIpc) is 2.81. The van der Waals surface area contributed by atoms with E-state index in [1.165, 1.54) is 6.07 Å². The molecule has 1 aromatic carbocycles. The van der Waals surface area contributed by atoms with Crippen molar-refractivity contribution in [3.63, 3.8) is 0 Å². The largest absolute Gasteiger partial charge is 0.490 e. The first-order chi connectivity index (χ1) is 9.40. The number of hydrogen-bond donors (Lipinski definition) is 1. The number of nitrogens with two attached hydrogens (primary N) is 1. The van der Waals surface area contributed by atoms with Crippen LogP contribution < -0.4 is 10.5 Å². The van der Waals surface area contributed by atoms with E-state index in [9.17, 15) is 13.2 Å². The van der Waals surface area contributed by atoms with Crippen molar-refractivity contribution in [1.29, 1.82) is 0 Å². The summed E-state index contributed by atoms with van der Waals surface area (Å²) < 4.78 is 49.8. The third-order valence-electron chi connectivity index (χ3n) is 3.33. The van der Waals surface area contributed by atoms with Gasteiger partial charge in [-0.15, -0.1) is 0 Å². The minimum absolute atomic E-state index is 0.0621. The van der Waals surface area contributed by atoms with Gasteiger partial charge in [0, 0.05) is 6.54 Å². The summed E-state index contributed by atoms with van der Waals surface area (Å²) >= 11 is 0. The maximum Gasteiger partial charge on any atom is 0.419 e. The number of rotatable bonds is 4. The summed E-state index contributed by atoms with van der Waals surface area (Å²) in [7, 11) is 0. The summed E-state index contributed by atoms with van der Waals surface area (Å²) in [6.07, 6.45) is -2.73. The Kier molecular flexibility index (Phi) is 4.55. The highest BCUT2D eigenvalue weighted by atomic mass is 19.4. The van der Waals surface area contributed by atoms with Gasteiger partial charge in [-0.25, -0.2) is 0 Å². The predicted molar refractivity (Wildman–Crippen MR) is 68.4 cm³/mol. The van der Waals surface area contributed by atoms with Crippen LogP contribution in [0.5, 0.6) is 5.75 Å². The van der Waals surface area contributed by atoms with Crippen LogP contribution in [-0.4, -0.2) is 18.8 Å². The summed E-state index contributed by atoms with van der Waals surface area (Å²) in [5.74, 6) is -0.169. The van der Waals surface area contributed by atoms with E-state index < -0.39 is 11.7 Å². The van der Waals surface area contributed by atoms with Gasteiger partial charge in [-0.1, -0.05) is 6.07 Å². The molecule has 0 aliphatic carbocycles. The van der Waals surface area contributed by atoms with Crippen molar-refractivity contribution in [3.05, 3.63) is 29.3 Å². The molecule has 0 aromatic heterocycles. The molecule has 3 nitrogen and oxygen atoms in total. The molecule has 20 heavy (non-hydrogen) atoms. The van der Waals surface area contributed by atoms with E-state index in [4.69, 9.17) is 15.2 Å². The Labute approximate surface area is 115 Å². The van der Waals surface area contributed by atoms with Crippen LogP contribution in [0.3, 0.4) is 0 Å². The van der Waals surface area contributed by atoms with Crippen molar-refractivity contribution in [2.45, 2.75) is 44.7 Å². The van der Waals surface area contributed by atoms with E-state index in [0.717, 1.165) is 18.9 Å². The zero-order chi connectivity index (χ0) is 14.8. The average molecular weight is 289 g/mol. The first-order valence-corrected chi connectivity index (χ1v) is 6.58. The Hall–Kier alpha value is -1.27. The topological polar surface area (TPSA) is 44.5 Å². The lowest BCUT2D eigenvalue weighted by Crippen LogP contribution is -2.19. The van der Waals surface area contributed by atoms with Gasteiger partial charge in [-0.2, -0.15) is 13.2 Å². The normalized spacial score (nSPS) is 23.1. The van der Waals surface area contributed by atoms with Gasteiger partial charge in [-0.3, -0.25) is 0 Å². The molecular weight excluding hydrogens is 271 g/mol. The van der Waals surface area contributed by atoms with Gasteiger partial charge in [0.2, 0.25) is 0 Å². The van der Waals surface area contributed by atoms with Gasteiger partial charge in [-0.05, 0) is 37.5 Å². The standard InChI is InChI=1S/C14H18F3NO2/c1-9-2-4-11(20-9)8-19-13-5-3-10(7-18)6-12(13)14(15,16)17/h3,5-6,9,11H,2,4,7-8,18H2,1H3. The van der Waals surface area contributed by atoms with Gasteiger partial charge in [0.05, 0.1) is 17.8 Å². The van der Waals surface area contributed by atoms with Crippen LogP contribution in [-0.2, 0) is 17.5 Å². The minimum Gasteiger partial charge on any atom is -0.490 e. The highest BCUT2D eigenvalue weighted by molar-refractivity contribution is 5.39. The lowest BCUT2D eigenvalue weighted by molar-refractivity contribution is -0.139. The van der Waals surface area contributed by atoms with Crippen LogP contribution in [0.15, 0.2) is 18.2 Å². The Bertz CT molecular complexity index is 462. The van der Waals surface area contributed by atoms with Gasteiger partial charge >= 0.3 is 6.18 Å². The molecule has 2 atom stereocenters. The SMILES string of the molecule is CC1CCC(COc2ccc(CN)cc2C(F)(F)F)O1. The van der Waals surface area contributed by atoms with Crippen LogP contribution in [0.1, 0.15) is 30.9 Å². The third kappa shape index (κ3) is 3.64. The fourth-order valence-corrected chi connectivity index (χ4v) is 2.24. The second kappa shape index (κ2) is 6.01. The fraction of sp³-hybridized carbons (Fsp3) is 0.571. The Balaban J connectivity index is 2.10. The molecule has 112 valence electrons. The van der Waals surface area contributed by atoms with Crippen molar-refractivity contribution in [1.82, 2.24) is 0 Å². The molecule has 2 rings (SSSR count). The molecule has 0 spiro atoms. The lowest BCUT2D eigenvalue weighted by Gasteiger charge is -2.17. The summed E-state index contributed by atoms with van der Waals surface area (Å²) in [5.41, 5.74) is 5.01. The Morgan fingerprint density at radius 3 is 2.65 bits per heavy atom. The van der Waals surface area contributed by atoms with Crippen LogP contribution in [0.2, 0.25) is 0 Å². The van der Waals surface area contributed by atoms with E-state index in [-0.39, 0.29) is 31.1 Å². The third-order valence-corrected chi connectivity index (χ3v) is 3.33. The van der Waals surface area contributed by atoms with Crippen LogP contribution in [0.25, 0.3) is 0 Å². The van der Waals surface area contributed by atoms with E-state index >= 15 is 0 Å². The van der Waals surface area contributed by atoms with E-state index in [1.807, 2.05) is 6.92 Å². The highest BCUT2D eigenvalue weighted by Gasteiger charge is 2.35. The molecule has 2 unspecified atom stereocenters. The quantitative estimate of drug-likeness (QED) is 0.926. The van der Waals surface area contributed by atoms with E-state index in [2.05, 4.69) is 0 Å². The summed E-state index contributed by atoms with van der Waals surface area (Å²) in [6.45, 7) is 2.14. The van der Waals surface area contributed by atoms with Crippen molar-refractivity contribution in [2.24, 2.45) is 5.73 Å². The number of hydrogen-bond acceptors (Lipinski definition) is 3. The van der Waals surface area contributed by atoms with Gasteiger partial charge < -0.3 is 15.2 Å². The molecule has 0 saturated carbocycles. The molecule has 6 heteroatoms. The zero-order valence-corrected chi connectivity index (χ0v) is 11.2. The first kappa shape index (κ1) is 15.1. The Morgan fingerprint density at radius 2 is 2.10 bits per heavy atom. The van der Waals surface area contributed by atoms with Crippen molar-refractivity contribution >= 4 is 0 Å². The minimum atomic E-state index is -4.45. The fourth-order valence-electron chi connectivity index (χ4n) is 2.24. The lowest BCUT2D eigenvalue weighted by atomic mass is 10.1. The molecule has 1 saturated heterocycles. The highest BCUT2D eigenvalue weighted by Crippen LogP contribution is 2.37. The molecule has 1 aliphatic rings. The number of ether oxygens (including phenoxy) is 2. The molecule has 1 fully saturated rings. The maximum atomic E-state index is 13.0. The van der Waals surface area contributed by atoms with Crippen LogP contribution >= 0.6 is 0 Å². The smallest absolute Gasteiger partial charge is 0.419 e. The number of benzene rings is 1. The van der Waals surface area contributed by atoms with Crippen molar-refractivity contribution in [2.75, 3.05) is 6.61 Å². The van der Waals surface area contributed by atoms with Gasteiger partial charge in [0.25, 0.3) is 0 Å². The van der Waals surface area contributed by atoms with E-state index in [0.29, 0.717) is 5.56 Å². The van der Waals surface area contributed by atoms with Crippen molar-refractivity contribution < 1.29 is 22.6 Å². The van der Waals surface area contributed by atoms with Gasteiger partial charge in [0.15, 0.2) is 0 Å². The zero-order valence-electron chi connectivity index (χ0n) is 11.2. The van der Waals surface area contributed by atoms with E-state index in [1.54, 1.807) is 6.07 Å². The summed E-state index contributed by atoms with van der Waals surface area (Å²) in [6, 6.07) is 3.90. The second-order valence-electron chi connectivity index (χ2n) is 4.99. The van der Waals surface area contributed by atoms with Crippen LogP contribution in [0.4, 0.5) is 13.2 Å². The first-order valence-electron chi connectivity index (χ1n) is 6.58. The van der Waals surface area contributed by atoms with Crippen molar-refractivity contribution in [3.8, 4) is 5.75 Å². The molecule has 0 bridgehead atoms. The molecule has 0 radical (unpaired) electrons. The number of alkyl halides is 3. The maximum absolute atomic E-state index is 13.0. The Morgan fingerprint density at radius 1 is 1.35 bits per heavy atom. The molecule has 1 aromatic rings. The monoisotopic (exact) mass is 289 g/mol. The molecular formula is C14H18F3NO2. The van der Waals surface area contributed by atoms with Gasteiger partial charge in [0.1, 0.15) is 12.4 Å². The molecule has 1 heterocycles. The molecule has 1 aliphatic heterocycles.